The highest BCUT2D eigenvalue weighted by molar-refractivity contribution is 7.90. The van der Waals surface area contributed by atoms with Gasteiger partial charge in [-0.1, -0.05) is 0 Å². The fraction of sp³-hybridized carbons (Fsp3) is 0.444. The van der Waals surface area contributed by atoms with Gasteiger partial charge in [0.05, 0.1) is 6.10 Å². The van der Waals surface area contributed by atoms with Crippen molar-refractivity contribution in [3.63, 3.8) is 0 Å². The van der Waals surface area contributed by atoms with Crippen LogP contribution in [0.3, 0.4) is 0 Å². The number of esters is 1. The molecule has 0 bridgehead atoms. The number of nitrogens with zero attached hydrogens (tertiary/aromatic N) is 2. The third kappa shape index (κ3) is 3.64. The summed E-state index contributed by atoms with van der Waals surface area (Å²) in [6.07, 6.45) is 1.60. The Kier molecular flexibility index (Phi) is 4.05. The van der Waals surface area contributed by atoms with E-state index in [-0.39, 0.29) is 17.0 Å². The minimum absolute atomic E-state index is 0.217. The maximum atomic E-state index is 11.6. The van der Waals surface area contributed by atoms with Crippen LogP contribution in [-0.2, 0) is 14.6 Å². The molecule has 0 saturated carbocycles. The van der Waals surface area contributed by atoms with Crippen molar-refractivity contribution in [2.24, 2.45) is 0 Å². The molecule has 0 spiro atoms. The molecule has 0 radical (unpaired) electrons. The van der Waals surface area contributed by atoms with E-state index in [1.54, 1.807) is 13.8 Å². The van der Waals surface area contributed by atoms with Gasteiger partial charge in [0.1, 0.15) is 5.56 Å². The van der Waals surface area contributed by atoms with Gasteiger partial charge >= 0.3 is 5.97 Å². The molecule has 0 unspecified atom stereocenters. The SMILES string of the molecule is CC(C)OC(=O)c1cnc(Cl)nc1S(C)(=O)=O. The zero-order chi connectivity index (χ0) is 13.2. The maximum absolute atomic E-state index is 11.6. The first-order valence-corrected chi connectivity index (χ1v) is 6.92. The molecule has 0 aromatic carbocycles. The summed E-state index contributed by atoms with van der Waals surface area (Å²) in [7, 11) is -3.67. The van der Waals surface area contributed by atoms with Crippen LogP contribution < -0.4 is 0 Å². The lowest BCUT2D eigenvalue weighted by molar-refractivity contribution is 0.0371. The molecule has 0 amide bonds. The van der Waals surface area contributed by atoms with Crippen LogP contribution in [0.25, 0.3) is 0 Å². The van der Waals surface area contributed by atoms with E-state index >= 15 is 0 Å². The normalized spacial score (nSPS) is 11.6. The van der Waals surface area contributed by atoms with Crippen LogP contribution in [0.2, 0.25) is 5.28 Å². The summed E-state index contributed by atoms with van der Waals surface area (Å²) in [5, 5.41) is -0.672. The van der Waals surface area contributed by atoms with Gasteiger partial charge in [-0.15, -0.1) is 0 Å². The monoisotopic (exact) mass is 278 g/mol. The minimum atomic E-state index is -3.67. The number of hydrogen-bond donors (Lipinski definition) is 0. The second-order valence-corrected chi connectivity index (χ2v) is 5.85. The third-order valence-corrected chi connectivity index (χ3v) is 2.83. The van der Waals surface area contributed by atoms with Crippen LogP contribution in [0.1, 0.15) is 24.2 Å². The Morgan fingerprint density at radius 1 is 1.47 bits per heavy atom. The van der Waals surface area contributed by atoms with Gasteiger partial charge in [-0.2, -0.15) is 0 Å². The zero-order valence-electron chi connectivity index (χ0n) is 9.47. The molecule has 1 aromatic rings. The molecule has 8 heteroatoms. The fourth-order valence-electron chi connectivity index (χ4n) is 1.05. The highest BCUT2D eigenvalue weighted by Gasteiger charge is 2.23. The smallest absolute Gasteiger partial charge is 0.342 e. The van der Waals surface area contributed by atoms with Gasteiger partial charge in [0, 0.05) is 12.5 Å². The Bertz CT molecular complexity index is 542. The molecule has 0 fully saturated rings. The number of hydrogen-bond acceptors (Lipinski definition) is 6. The van der Waals surface area contributed by atoms with Crippen LogP contribution >= 0.6 is 11.6 Å². The van der Waals surface area contributed by atoms with Crippen molar-refractivity contribution < 1.29 is 17.9 Å². The lowest BCUT2D eigenvalue weighted by atomic mass is 10.3. The summed E-state index contributed by atoms with van der Waals surface area (Å²) in [6, 6.07) is 0. The molecular weight excluding hydrogens is 268 g/mol. The first kappa shape index (κ1) is 13.9. The van der Waals surface area contributed by atoms with E-state index in [4.69, 9.17) is 16.3 Å². The Morgan fingerprint density at radius 3 is 2.53 bits per heavy atom. The van der Waals surface area contributed by atoms with E-state index < -0.39 is 20.8 Å². The fourth-order valence-corrected chi connectivity index (χ4v) is 2.02. The van der Waals surface area contributed by atoms with Crippen molar-refractivity contribution in [1.82, 2.24) is 9.97 Å². The molecule has 1 heterocycles. The molecule has 0 N–H and O–H groups in total. The summed E-state index contributed by atoms with van der Waals surface area (Å²) in [5.74, 6) is -0.794. The topological polar surface area (TPSA) is 86.2 Å². The third-order valence-electron chi connectivity index (χ3n) is 1.64. The zero-order valence-corrected chi connectivity index (χ0v) is 11.0. The van der Waals surface area contributed by atoms with E-state index in [0.717, 1.165) is 12.5 Å². The molecule has 1 aromatic heterocycles. The number of carbonyl (C=O) groups is 1. The standard InChI is InChI=1S/C9H11ClN2O4S/c1-5(2)16-8(13)6-4-11-9(10)12-7(6)17(3,14)15/h4-5H,1-3H3. The first-order valence-electron chi connectivity index (χ1n) is 4.65. The van der Waals surface area contributed by atoms with Crippen LogP contribution in [-0.4, -0.2) is 36.7 Å². The van der Waals surface area contributed by atoms with Crippen molar-refractivity contribution in [3.05, 3.63) is 17.0 Å². The highest BCUT2D eigenvalue weighted by Crippen LogP contribution is 2.16. The summed E-state index contributed by atoms with van der Waals surface area (Å²) < 4.78 is 27.8. The molecule has 6 nitrogen and oxygen atoms in total. The predicted octanol–water partition coefficient (Wildman–Crippen LogP) is 1.10. The average molecular weight is 279 g/mol. The van der Waals surface area contributed by atoms with E-state index in [9.17, 15) is 13.2 Å². The molecule has 17 heavy (non-hydrogen) atoms. The van der Waals surface area contributed by atoms with Crippen molar-refractivity contribution in [2.45, 2.75) is 25.0 Å². The van der Waals surface area contributed by atoms with Crippen LogP contribution in [0, 0.1) is 0 Å². The largest absolute Gasteiger partial charge is 0.459 e. The van der Waals surface area contributed by atoms with Crippen molar-refractivity contribution >= 4 is 27.4 Å². The van der Waals surface area contributed by atoms with E-state index in [1.807, 2.05) is 0 Å². The van der Waals surface area contributed by atoms with Crippen LogP contribution in [0.4, 0.5) is 0 Å². The van der Waals surface area contributed by atoms with E-state index in [0.29, 0.717) is 0 Å². The number of ether oxygens (including phenoxy) is 1. The Hall–Kier alpha value is -1.21. The van der Waals surface area contributed by atoms with Crippen molar-refractivity contribution in [1.29, 1.82) is 0 Å². The summed E-state index contributed by atoms with van der Waals surface area (Å²) >= 11 is 5.49. The lowest BCUT2D eigenvalue weighted by Gasteiger charge is -2.09. The molecule has 0 saturated heterocycles. The van der Waals surface area contributed by atoms with Crippen LogP contribution in [0.15, 0.2) is 11.2 Å². The number of carbonyl (C=O) groups excluding carboxylic acids is 1. The predicted molar refractivity (Wildman–Crippen MR) is 60.7 cm³/mol. The second-order valence-electron chi connectivity index (χ2n) is 3.58. The van der Waals surface area contributed by atoms with Gasteiger partial charge in [0.15, 0.2) is 14.9 Å². The first-order chi connectivity index (χ1) is 7.71. The van der Waals surface area contributed by atoms with Gasteiger partial charge in [0.25, 0.3) is 0 Å². The molecule has 0 aliphatic heterocycles. The summed E-state index contributed by atoms with van der Waals surface area (Å²) in [4.78, 5) is 18.7. The number of sulfone groups is 1. The van der Waals surface area contributed by atoms with Crippen molar-refractivity contribution in [2.75, 3.05) is 6.26 Å². The number of halogens is 1. The Labute approximate surface area is 104 Å². The van der Waals surface area contributed by atoms with Crippen LogP contribution in [0.5, 0.6) is 0 Å². The van der Waals surface area contributed by atoms with Gasteiger partial charge in [0.2, 0.25) is 5.28 Å². The van der Waals surface area contributed by atoms with Gasteiger partial charge < -0.3 is 4.74 Å². The van der Waals surface area contributed by atoms with Gasteiger partial charge in [-0.05, 0) is 25.4 Å². The minimum Gasteiger partial charge on any atom is -0.459 e. The summed E-state index contributed by atoms with van der Waals surface area (Å²) in [6.45, 7) is 3.30. The highest BCUT2D eigenvalue weighted by atomic mass is 35.5. The van der Waals surface area contributed by atoms with Gasteiger partial charge in [-0.25, -0.2) is 23.2 Å². The Balaban J connectivity index is 3.30. The van der Waals surface area contributed by atoms with E-state index in [2.05, 4.69) is 9.97 Å². The van der Waals surface area contributed by atoms with E-state index in [1.165, 1.54) is 0 Å². The number of aromatic nitrogens is 2. The molecule has 0 aliphatic carbocycles. The maximum Gasteiger partial charge on any atom is 0.342 e. The summed E-state index contributed by atoms with van der Waals surface area (Å²) in [5.41, 5.74) is -0.217. The quantitative estimate of drug-likeness (QED) is 0.467. The molecule has 0 atom stereocenters. The second kappa shape index (κ2) is 4.97. The average Bonchev–Trinajstić information content (AvgIpc) is 2.14. The van der Waals surface area contributed by atoms with Crippen molar-refractivity contribution in [3.8, 4) is 0 Å². The Morgan fingerprint density at radius 2 is 2.06 bits per heavy atom. The molecule has 94 valence electrons. The number of rotatable bonds is 3. The lowest BCUT2D eigenvalue weighted by Crippen LogP contribution is -2.17. The molecule has 0 aliphatic rings. The molecule has 1 rings (SSSR count). The van der Waals surface area contributed by atoms with Gasteiger partial charge in [-0.3, -0.25) is 0 Å². The molecular formula is C9H11ClN2O4S.